The first-order valence-electron chi connectivity index (χ1n) is 9.84. The third kappa shape index (κ3) is 3.05. The van der Waals surface area contributed by atoms with Gasteiger partial charge in [0.05, 0.1) is 27.3 Å². The highest BCUT2D eigenvalue weighted by Crippen LogP contribution is 2.42. The molecule has 0 aliphatic carbocycles. The molecule has 2 aliphatic heterocycles. The maximum atomic E-state index is 15.2. The van der Waals surface area contributed by atoms with E-state index < -0.39 is 17.2 Å². The molecule has 2 aromatic rings. The Kier molecular flexibility index (Phi) is 4.94. The van der Waals surface area contributed by atoms with Gasteiger partial charge in [0.1, 0.15) is 5.56 Å². The number of anilines is 2. The maximum absolute atomic E-state index is 15.2. The average molecular weight is 422 g/mol. The molecule has 1 aromatic carbocycles. The largest absolute Gasteiger partial charge is 0.396 e. The van der Waals surface area contributed by atoms with Gasteiger partial charge in [-0.05, 0) is 52.7 Å². The zero-order chi connectivity index (χ0) is 21.0. The number of fused-ring (bicyclic) bond motifs is 3. The van der Waals surface area contributed by atoms with Gasteiger partial charge in [-0.15, -0.1) is 0 Å². The molecule has 1 amide bonds. The summed E-state index contributed by atoms with van der Waals surface area (Å²) in [6.45, 7) is 3.76. The summed E-state index contributed by atoms with van der Waals surface area (Å²) in [5.41, 5.74) is 11.5. The van der Waals surface area contributed by atoms with E-state index in [0.29, 0.717) is 17.6 Å². The van der Waals surface area contributed by atoms with Gasteiger partial charge in [0.15, 0.2) is 5.82 Å². The van der Waals surface area contributed by atoms with E-state index in [-0.39, 0.29) is 39.4 Å². The fourth-order valence-corrected chi connectivity index (χ4v) is 4.93. The number of hydrogen-bond acceptors (Lipinski definition) is 5. The molecule has 7 nitrogen and oxygen atoms in total. The highest BCUT2D eigenvalue weighted by Gasteiger charge is 2.32. The Morgan fingerprint density at radius 2 is 1.93 bits per heavy atom. The minimum absolute atomic E-state index is 0.0234. The number of nitrogens with zero attached hydrogens (tertiary/aromatic N) is 2. The van der Waals surface area contributed by atoms with Crippen molar-refractivity contribution in [1.82, 2.24) is 9.47 Å². The normalized spacial score (nSPS) is 20.2. The Morgan fingerprint density at radius 1 is 1.28 bits per heavy atom. The second-order valence-electron chi connectivity index (χ2n) is 8.13. The predicted molar refractivity (Wildman–Crippen MR) is 113 cm³/mol. The third-order valence-electron chi connectivity index (χ3n) is 6.22. The average Bonchev–Trinajstić information content (AvgIpc) is 3.04. The van der Waals surface area contributed by atoms with Crippen molar-refractivity contribution < 1.29 is 9.18 Å². The molecular weight excluding hydrogens is 397 g/mol. The molecule has 29 heavy (non-hydrogen) atoms. The van der Waals surface area contributed by atoms with Gasteiger partial charge in [-0.1, -0.05) is 11.6 Å². The number of aromatic nitrogens is 1. The van der Waals surface area contributed by atoms with Crippen LogP contribution in [0, 0.1) is 5.82 Å². The summed E-state index contributed by atoms with van der Waals surface area (Å²) in [7, 11) is 2.05. The van der Waals surface area contributed by atoms with Crippen LogP contribution in [0.4, 0.5) is 15.8 Å². The number of nitrogen functional groups attached to an aromatic ring is 1. The molecule has 1 atom stereocenters. The van der Waals surface area contributed by atoms with Crippen LogP contribution in [-0.2, 0) is 6.42 Å². The summed E-state index contributed by atoms with van der Waals surface area (Å²) in [4.78, 5) is 27.3. The lowest BCUT2D eigenvalue weighted by Gasteiger charge is -2.31. The highest BCUT2D eigenvalue weighted by atomic mass is 35.5. The number of nitrogens with two attached hydrogens (primary N) is 2. The molecule has 1 aromatic heterocycles. The van der Waals surface area contributed by atoms with Gasteiger partial charge < -0.3 is 26.3 Å². The molecule has 3 heterocycles. The van der Waals surface area contributed by atoms with Gasteiger partial charge in [-0.2, -0.15) is 0 Å². The van der Waals surface area contributed by atoms with E-state index in [4.69, 9.17) is 23.1 Å². The first-order valence-corrected chi connectivity index (χ1v) is 10.2. The van der Waals surface area contributed by atoms with E-state index >= 15 is 4.39 Å². The van der Waals surface area contributed by atoms with Crippen LogP contribution in [0.3, 0.4) is 0 Å². The number of amides is 1. The van der Waals surface area contributed by atoms with Gasteiger partial charge in [0, 0.05) is 17.8 Å². The Bertz CT molecular complexity index is 1080. The summed E-state index contributed by atoms with van der Waals surface area (Å²) in [5, 5.41) is 3.26. The van der Waals surface area contributed by atoms with Crippen molar-refractivity contribution in [2.45, 2.75) is 44.7 Å². The topological polar surface area (TPSA) is 106 Å². The number of piperidine rings is 1. The summed E-state index contributed by atoms with van der Waals surface area (Å²) in [6.07, 6.45) is 2.94. The fourth-order valence-electron chi connectivity index (χ4n) is 4.61. The highest BCUT2D eigenvalue weighted by molar-refractivity contribution is 6.38. The molecule has 0 bridgehead atoms. The summed E-state index contributed by atoms with van der Waals surface area (Å²) >= 11 is 6.68. The van der Waals surface area contributed by atoms with Crippen molar-refractivity contribution in [3.05, 3.63) is 32.3 Å². The standard InChI is InChI=1S/C20H25ClFN5O2/c1-9-3-4-11-12(20(24)29)19(28)13-16(23)15(22)17(14(21)18(13)27(9)11)25-10-5-7-26(2)8-6-10/h9-10,25H,3-8,23H2,1-2H3,(H2,24,29). The molecule has 0 saturated carbocycles. The van der Waals surface area contributed by atoms with Crippen molar-refractivity contribution >= 4 is 39.8 Å². The number of pyridine rings is 1. The molecule has 2 aliphatic rings. The van der Waals surface area contributed by atoms with E-state index in [0.717, 1.165) is 32.4 Å². The minimum Gasteiger partial charge on any atom is -0.396 e. The van der Waals surface area contributed by atoms with Gasteiger partial charge >= 0.3 is 0 Å². The van der Waals surface area contributed by atoms with E-state index in [1.165, 1.54) is 0 Å². The van der Waals surface area contributed by atoms with Crippen LogP contribution < -0.4 is 22.2 Å². The first kappa shape index (κ1) is 20.0. The van der Waals surface area contributed by atoms with Gasteiger partial charge in [-0.25, -0.2) is 4.39 Å². The molecular formula is C20H25ClFN5O2. The minimum atomic E-state index is -0.834. The molecule has 0 spiro atoms. The SMILES string of the molecule is CC1CCc2c(C(N)=O)c(=O)c3c(N)c(F)c(NC4CCN(C)CC4)c(Cl)c3n21. The van der Waals surface area contributed by atoms with Gasteiger partial charge in [-0.3, -0.25) is 9.59 Å². The van der Waals surface area contributed by atoms with Crippen LogP contribution in [0.5, 0.6) is 0 Å². The quantitative estimate of drug-likeness (QED) is 0.660. The molecule has 4 rings (SSSR count). The Labute approximate surface area is 172 Å². The second-order valence-corrected chi connectivity index (χ2v) is 8.51. The maximum Gasteiger partial charge on any atom is 0.254 e. The van der Waals surface area contributed by atoms with Crippen molar-refractivity contribution in [3.8, 4) is 0 Å². The number of halogens is 2. The molecule has 0 radical (unpaired) electrons. The van der Waals surface area contributed by atoms with E-state index in [9.17, 15) is 9.59 Å². The van der Waals surface area contributed by atoms with Crippen LogP contribution in [0.25, 0.3) is 10.9 Å². The Balaban J connectivity index is 1.98. The van der Waals surface area contributed by atoms with E-state index in [2.05, 4.69) is 10.2 Å². The zero-order valence-electron chi connectivity index (χ0n) is 16.5. The Morgan fingerprint density at radius 3 is 2.55 bits per heavy atom. The van der Waals surface area contributed by atoms with Crippen molar-refractivity contribution in [2.24, 2.45) is 5.73 Å². The van der Waals surface area contributed by atoms with Gasteiger partial charge in [0.25, 0.3) is 5.91 Å². The summed E-state index contributed by atoms with van der Waals surface area (Å²) < 4.78 is 17.1. The number of primary amides is 1. The number of carbonyl (C=O) groups is 1. The van der Waals surface area contributed by atoms with E-state index in [1.807, 2.05) is 18.5 Å². The van der Waals surface area contributed by atoms with Gasteiger partial charge in [0.2, 0.25) is 5.43 Å². The fraction of sp³-hybridized carbons (Fsp3) is 0.500. The number of carbonyl (C=O) groups excluding carboxylic acids is 1. The number of benzene rings is 1. The van der Waals surface area contributed by atoms with E-state index in [1.54, 1.807) is 0 Å². The molecule has 1 saturated heterocycles. The molecule has 5 N–H and O–H groups in total. The summed E-state index contributed by atoms with van der Waals surface area (Å²) in [5.74, 6) is -1.60. The lowest BCUT2D eigenvalue weighted by atomic mass is 10.0. The molecule has 1 unspecified atom stereocenters. The monoisotopic (exact) mass is 421 g/mol. The van der Waals surface area contributed by atoms with Crippen molar-refractivity contribution in [1.29, 1.82) is 0 Å². The number of rotatable bonds is 3. The predicted octanol–water partition coefficient (Wildman–Crippen LogP) is 2.49. The molecule has 156 valence electrons. The van der Waals surface area contributed by atoms with Crippen LogP contribution in [0.2, 0.25) is 5.02 Å². The number of likely N-dealkylation sites (tertiary alicyclic amines) is 1. The van der Waals surface area contributed by atoms with Crippen LogP contribution in [0.1, 0.15) is 48.3 Å². The Hall–Kier alpha value is -2.32. The lowest BCUT2D eigenvalue weighted by Crippen LogP contribution is -2.37. The van der Waals surface area contributed by atoms with Crippen LogP contribution in [-0.4, -0.2) is 41.6 Å². The van der Waals surface area contributed by atoms with Crippen molar-refractivity contribution in [2.75, 3.05) is 31.2 Å². The molecule has 1 fully saturated rings. The van der Waals surface area contributed by atoms with Crippen LogP contribution in [0.15, 0.2) is 4.79 Å². The second kappa shape index (κ2) is 7.18. The third-order valence-corrected chi connectivity index (χ3v) is 6.59. The van der Waals surface area contributed by atoms with Crippen LogP contribution >= 0.6 is 11.6 Å². The summed E-state index contributed by atoms with van der Waals surface area (Å²) in [6, 6.07) is 0.0341. The molecule has 9 heteroatoms. The lowest BCUT2D eigenvalue weighted by molar-refractivity contribution is 0.0998. The smallest absolute Gasteiger partial charge is 0.254 e. The first-order chi connectivity index (χ1) is 13.7. The number of hydrogen-bond donors (Lipinski definition) is 3. The number of nitrogens with one attached hydrogen (secondary N) is 1. The zero-order valence-corrected chi connectivity index (χ0v) is 17.3. The van der Waals surface area contributed by atoms with Crippen molar-refractivity contribution in [3.63, 3.8) is 0 Å².